The van der Waals surface area contributed by atoms with Crippen molar-refractivity contribution in [3.8, 4) is 0 Å². The van der Waals surface area contributed by atoms with Gasteiger partial charge in [0.05, 0.1) is 31.0 Å². The Bertz CT molecular complexity index is 1110. The standard InChI is InChI=1S/C27H37N9O/c28-12-10-22(20-6-2-1-3-7-20)31-27-30-13-11-23(32-27)25-21-8-4-5-9-24(33-26(21)35-34-25)29-14-15-36-16-18-37-19-17-36/h1-3,6-9,11,13,22,25,29,34H,4-5,10,12,14-19,28H2,(H,33,35)(H,30,31,32). The van der Waals surface area contributed by atoms with Crippen LogP contribution in [0.25, 0.3) is 0 Å². The zero-order valence-corrected chi connectivity index (χ0v) is 21.2. The summed E-state index contributed by atoms with van der Waals surface area (Å²) in [7, 11) is 0. The maximum atomic E-state index is 5.89. The van der Waals surface area contributed by atoms with Crippen LogP contribution in [0.4, 0.5) is 5.95 Å². The minimum atomic E-state index is -0.111. The van der Waals surface area contributed by atoms with E-state index in [4.69, 9.17) is 20.4 Å². The van der Waals surface area contributed by atoms with Crippen LogP contribution in [-0.4, -0.2) is 66.6 Å². The molecule has 5 rings (SSSR count). The topological polar surface area (TPSA) is 125 Å². The number of ether oxygens (including phenoxy) is 1. The highest BCUT2D eigenvalue weighted by Crippen LogP contribution is 2.28. The predicted molar refractivity (Wildman–Crippen MR) is 146 cm³/mol. The molecular formula is C27H37N9O. The highest BCUT2D eigenvalue weighted by molar-refractivity contribution is 6.01. The van der Waals surface area contributed by atoms with Gasteiger partial charge in [0.25, 0.3) is 0 Å². The van der Waals surface area contributed by atoms with Gasteiger partial charge in [-0.25, -0.2) is 20.4 Å². The van der Waals surface area contributed by atoms with Gasteiger partial charge in [-0.1, -0.05) is 36.4 Å². The van der Waals surface area contributed by atoms with E-state index >= 15 is 0 Å². The molecule has 10 nitrogen and oxygen atoms in total. The molecule has 1 aromatic carbocycles. The number of nitrogens with zero attached hydrogens (tertiary/aromatic N) is 4. The van der Waals surface area contributed by atoms with E-state index in [2.05, 4.69) is 55.7 Å². The molecule has 3 aliphatic rings. The molecule has 2 aromatic rings. The molecule has 1 aromatic heterocycles. The highest BCUT2D eigenvalue weighted by Gasteiger charge is 2.30. The Morgan fingerprint density at radius 2 is 1.95 bits per heavy atom. The molecule has 3 aliphatic heterocycles. The minimum absolute atomic E-state index is 0.0464. The first-order valence-corrected chi connectivity index (χ1v) is 13.2. The Morgan fingerprint density at radius 1 is 1.11 bits per heavy atom. The number of hydrogen-bond donors (Lipinski definition) is 5. The number of morpholine rings is 1. The highest BCUT2D eigenvalue weighted by atomic mass is 16.5. The first-order chi connectivity index (χ1) is 18.3. The number of hydrogen-bond acceptors (Lipinski definition) is 10. The maximum Gasteiger partial charge on any atom is 0.223 e. The molecular weight excluding hydrogens is 466 g/mol. The van der Waals surface area contributed by atoms with E-state index in [1.165, 1.54) is 5.56 Å². The number of aromatic nitrogens is 2. The van der Waals surface area contributed by atoms with Crippen LogP contribution in [0.1, 0.15) is 42.6 Å². The average Bonchev–Trinajstić information content (AvgIpc) is 3.31. The van der Waals surface area contributed by atoms with E-state index in [1.807, 2.05) is 24.3 Å². The van der Waals surface area contributed by atoms with Gasteiger partial charge in [0.2, 0.25) is 5.95 Å². The molecule has 0 amide bonds. The summed E-state index contributed by atoms with van der Waals surface area (Å²) in [5, 5.41) is 6.99. The molecule has 0 bridgehead atoms. The van der Waals surface area contributed by atoms with Crippen LogP contribution in [0.5, 0.6) is 0 Å². The van der Waals surface area contributed by atoms with Gasteiger partial charge in [-0.15, -0.1) is 0 Å². The molecule has 2 fully saturated rings. The van der Waals surface area contributed by atoms with Crippen LogP contribution >= 0.6 is 0 Å². The Labute approximate surface area is 218 Å². The van der Waals surface area contributed by atoms with Crippen LogP contribution in [0.2, 0.25) is 0 Å². The summed E-state index contributed by atoms with van der Waals surface area (Å²) in [5.74, 6) is 2.32. The van der Waals surface area contributed by atoms with Crippen molar-refractivity contribution in [2.75, 3.05) is 51.3 Å². The number of benzene rings is 1. The SMILES string of the molecule is NCCC(Nc1nccc(C2NNC3=NC(NCCN4CCOCC4)=CCCC=C32)n1)c1ccccc1. The van der Waals surface area contributed by atoms with Crippen molar-refractivity contribution in [3.05, 3.63) is 77.4 Å². The average molecular weight is 504 g/mol. The van der Waals surface area contributed by atoms with E-state index < -0.39 is 0 Å². The second-order valence-corrected chi connectivity index (χ2v) is 9.36. The maximum absolute atomic E-state index is 5.89. The molecule has 0 saturated carbocycles. The minimum Gasteiger partial charge on any atom is -0.379 e. The van der Waals surface area contributed by atoms with E-state index in [1.54, 1.807) is 6.20 Å². The fourth-order valence-electron chi connectivity index (χ4n) is 4.80. The molecule has 6 N–H and O–H groups in total. The van der Waals surface area contributed by atoms with Gasteiger partial charge < -0.3 is 26.5 Å². The zero-order chi connectivity index (χ0) is 25.3. The van der Waals surface area contributed by atoms with Crippen molar-refractivity contribution < 1.29 is 4.74 Å². The summed E-state index contributed by atoms with van der Waals surface area (Å²) in [6.45, 7) is 6.01. The normalized spacial score (nSPS) is 20.9. The summed E-state index contributed by atoms with van der Waals surface area (Å²) in [4.78, 5) is 16.7. The summed E-state index contributed by atoms with van der Waals surface area (Å²) < 4.78 is 5.44. The lowest BCUT2D eigenvalue weighted by molar-refractivity contribution is 0.0387. The largest absolute Gasteiger partial charge is 0.379 e. The molecule has 0 spiro atoms. The van der Waals surface area contributed by atoms with Crippen molar-refractivity contribution >= 4 is 11.8 Å². The number of aliphatic imine (C=N–C) groups is 1. The number of rotatable bonds is 10. The monoisotopic (exact) mass is 503 g/mol. The fourth-order valence-corrected chi connectivity index (χ4v) is 4.80. The third kappa shape index (κ3) is 6.72. The summed E-state index contributed by atoms with van der Waals surface area (Å²) in [5.41, 5.74) is 15.7. The van der Waals surface area contributed by atoms with Crippen LogP contribution in [0.15, 0.2) is 71.1 Å². The zero-order valence-electron chi connectivity index (χ0n) is 21.2. The molecule has 10 heteroatoms. The quantitative estimate of drug-likeness (QED) is 0.331. The number of hydrazine groups is 1. The smallest absolute Gasteiger partial charge is 0.223 e. The van der Waals surface area contributed by atoms with Crippen molar-refractivity contribution in [2.24, 2.45) is 10.7 Å². The molecule has 2 atom stereocenters. The Morgan fingerprint density at radius 3 is 2.78 bits per heavy atom. The number of allylic oxidation sites excluding steroid dienone is 2. The number of amidine groups is 1. The Hall–Kier alpha value is -3.31. The molecule has 0 aliphatic carbocycles. The van der Waals surface area contributed by atoms with Crippen molar-refractivity contribution in [1.82, 2.24) is 31.0 Å². The summed E-state index contributed by atoms with van der Waals surface area (Å²) in [6.07, 6.45) is 8.87. The van der Waals surface area contributed by atoms with Crippen LogP contribution in [0.3, 0.4) is 0 Å². The van der Waals surface area contributed by atoms with E-state index in [0.29, 0.717) is 12.5 Å². The Kier molecular flexibility index (Phi) is 8.75. The fraction of sp³-hybridized carbons (Fsp3) is 0.444. The summed E-state index contributed by atoms with van der Waals surface area (Å²) >= 11 is 0. The van der Waals surface area contributed by atoms with Crippen LogP contribution < -0.4 is 27.2 Å². The van der Waals surface area contributed by atoms with Crippen LogP contribution in [-0.2, 0) is 4.74 Å². The lowest BCUT2D eigenvalue weighted by atomic mass is 10.0. The molecule has 2 saturated heterocycles. The van der Waals surface area contributed by atoms with Gasteiger partial charge in [-0.2, -0.15) is 0 Å². The summed E-state index contributed by atoms with van der Waals surface area (Å²) in [6, 6.07) is 12.2. The van der Waals surface area contributed by atoms with Gasteiger partial charge in [-0.05, 0) is 43.5 Å². The van der Waals surface area contributed by atoms with Crippen molar-refractivity contribution in [2.45, 2.75) is 31.3 Å². The number of nitrogens with two attached hydrogens (primary N) is 1. The van der Waals surface area contributed by atoms with Crippen molar-refractivity contribution in [3.63, 3.8) is 0 Å². The number of nitrogens with one attached hydrogen (secondary N) is 4. The third-order valence-corrected chi connectivity index (χ3v) is 6.79. The lowest BCUT2D eigenvalue weighted by Crippen LogP contribution is -2.40. The first-order valence-electron chi connectivity index (χ1n) is 13.2. The second kappa shape index (κ2) is 12.8. The molecule has 196 valence electrons. The van der Waals surface area contributed by atoms with E-state index in [0.717, 1.165) is 81.6 Å². The molecule has 0 radical (unpaired) electrons. The van der Waals surface area contributed by atoms with Gasteiger partial charge >= 0.3 is 0 Å². The van der Waals surface area contributed by atoms with E-state index in [-0.39, 0.29) is 12.1 Å². The Balaban J connectivity index is 1.26. The second-order valence-electron chi connectivity index (χ2n) is 9.36. The van der Waals surface area contributed by atoms with Gasteiger partial charge in [0, 0.05) is 37.9 Å². The van der Waals surface area contributed by atoms with Gasteiger partial charge in [0.1, 0.15) is 11.7 Å². The van der Waals surface area contributed by atoms with Crippen molar-refractivity contribution in [1.29, 1.82) is 0 Å². The molecule has 37 heavy (non-hydrogen) atoms. The predicted octanol–water partition coefficient (Wildman–Crippen LogP) is 2.01. The molecule has 2 unspecified atom stereocenters. The lowest BCUT2D eigenvalue weighted by Gasteiger charge is -2.26. The third-order valence-electron chi connectivity index (χ3n) is 6.79. The van der Waals surface area contributed by atoms with Crippen LogP contribution in [0, 0.1) is 0 Å². The van der Waals surface area contributed by atoms with E-state index in [9.17, 15) is 0 Å². The van der Waals surface area contributed by atoms with Gasteiger partial charge in [-0.3, -0.25) is 4.90 Å². The number of fused-ring (bicyclic) bond motifs is 1. The first kappa shape index (κ1) is 25.3. The number of anilines is 1. The van der Waals surface area contributed by atoms with Gasteiger partial charge in [0.15, 0.2) is 0 Å². The molecule has 4 heterocycles.